The number of piperidine rings is 1. The number of benzene rings is 1. The van der Waals surface area contributed by atoms with Crippen LogP contribution in [0.25, 0.3) is 0 Å². The standard InChI is InChI=1S/C25H32N8O3/c1-29-9-11-31(12-10-29)19-5-3-18(4-6-19)27-23-26-14-17-15-33(24(34)30(2)22(17)28-23)20-7-8-32-21(13-20)16-36-25(32)35/h3-6,14,20-21H,7-13,15-16H2,1-2H3,(H,26,27,28)/t20-,21+/m0/s1. The lowest BCUT2D eigenvalue weighted by atomic mass is 9.96. The maximum absolute atomic E-state index is 13.3. The minimum Gasteiger partial charge on any atom is -0.447 e. The maximum Gasteiger partial charge on any atom is 0.410 e. The lowest BCUT2D eigenvalue weighted by Gasteiger charge is -2.43. The van der Waals surface area contributed by atoms with Gasteiger partial charge in [-0.05, 0) is 44.2 Å². The van der Waals surface area contributed by atoms with Crippen molar-refractivity contribution in [3.63, 3.8) is 0 Å². The molecule has 4 aliphatic heterocycles. The fourth-order valence-corrected chi connectivity index (χ4v) is 5.59. The zero-order chi connectivity index (χ0) is 24.8. The average Bonchev–Trinajstić information content (AvgIpc) is 3.27. The topological polar surface area (TPSA) is 97.4 Å². The fraction of sp³-hybridized carbons (Fsp3) is 0.520. The van der Waals surface area contributed by atoms with Gasteiger partial charge in [0.15, 0.2) is 0 Å². The van der Waals surface area contributed by atoms with Crippen molar-refractivity contribution >= 4 is 35.3 Å². The van der Waals surface area contributed by atoms with E-state index in [9.17, 15) is 9.59 Å². The van der Waals surface area contributed by atoms with E-state index in [4.69, 9.17) is 4.74 Å². The second-order valence-electron chi connectivity index (χ2n) is 10.1. The molecule has 3 amide bonds. The molecule has 1 aromatic heterocycles. The highest BCUT2D eigenvalue weighted by Crippen LogP contribution is 2.33. The van der Waals surface area contributed by atoms with Gasteiger partial charge >= 0.3 is 12.1 Å². The Morgan fingerprint density at radius 1 is 0.972 bits per heavy atom. The van der Waals surface area contributed by atoms with Gasteiger partial charge in [-0.2, -0.15) is 4.98 Å². The molecule has 6 rings (SSSR count). The van der Waals surface area contributed by atoms with E-state index in [1.165, 1.54) is 5.69 Å². The van der Waals surface area contributed by atoms with Crippen molar-refractivity contribution in [1.29, 1.82) is 0 Å². The molecule has 3 saturated heterocycles. The number of cyclic esters (lactones) is 1. The van der Waals surface area contributed by atoms with Crippen molar-refractivity contribution in [2.24, 2.45) is 0 Å². The van der Waals surface area contributed by atoms with Crippen LogP contribution in [0, 0.1) is 0 Å². The molecule has 1 N–H and O–H groups in total. The summed E-state index contributed by atoms with van der Waals surface area (Å²) in [7, 11) is 3.91. The molecule has 0 aliphatic carbocycles. The number of amides is 3. The molecular weight excluding hydrogens is 460 g/mol. The molecule has 5 heterocycles. The zero-order valence-corrected chi connectivity index (χ0v) is 20.8. The van der Waals surface area contributed by atoms with Crippen LogP contribution in [0.4, 0.5) is 32.7 Å². The van der Waals surface area contributed by atoms with Gasteiger partial charge < -0.3 is 29.7 Å². The van der Waals surface area contributed by atoms with Crippen molar-refractivity contribution in [3.8, 4) is 0 Å². The summed E-state index contributed by atoms with van der Waals surface area (Å²) in [5, 5.41) is 3.28. The van der Waals surface area contributed by atoms with Crippen LogP contribution in [0.1, 0.15) is 18.4 Å². The molecule has 11 heteroatoms. The quantitative estimate of drug-likeness (QED) is 0.695. The van der Waals surface area contributed by atoms with Crippen LogP contribution in [0.5, 0.6) is 0 Å². The number of carbonyl (C=O) groups is 2. The normalized spacial score (nSPS) is 24.5. The summed E-state index contributed by atoms with van der Waals surface area (Å²) in [6.07, 6.45) is 3.03. The highest BCUT2D eigenvalue weighted by molar-refractivity contribution is 5.93. The van der Waals surface area contributed by atoms with Gasteiger partial charge in [-0.3, -0.25) is 4.90 Å². The number of hydrogen-bond donors (Lipinski definition) is 1. The second-order valence-corrected chi connectivity index (χ2v) is 10.1. The number of likely N-dealkylation sites (N-methyl/N-ethyl adjacent to an activating group) is 1. The third-order valence-corrected chi connectivity index (χ3v) is 7.79. The van der Waals surface area contributed by atoms with Crippen molar-refractivity contribution in [1.82, 2.24) is 24.7 Å². The zero-order valence-electron chi connectivity index (χ0n) is 20.8. The Morgan fingerprint density at radius 2 is 1.75 bits per heavy atom. The number of nitrogens with zero attached hydrogens (tertiary/aromatic N) is 7. The number of carbonyl (C=O) groups excluding carboxylic acids is 2. The number of rotatable bonds is 4. The first kappa shape index (κ1) is 22.8. The van der Waals surface area contributed by atoms with Crippen LogP contribution in [-0.4, -0.2) is 102 Å². The highest BCUT2D eigenvalue weighted by Gasteiger charge is 2.43. The molecule has 0 radical (unpaired) electrons. The Kier molecular flexibility index (Phi) is 5.79. The number of ether oxygens (including phenoxy) is 1. The monoisotopic (exact) mass is 492 g/mol. The number of hydrogen-bond acceptors (Lipinski definition) is 8. The van der Waals surface area contributed by atoms with Gasteiger partial charge in [-0.15, -0.1) is 0 Å². The Balaban J connectivity index is 1.13. The molecule has 190 valence electrons. The highest BCUT2D eigenvalue weighted by atomic mass is 16.6. The van der Waals surface area contributed by atoms with Crippen LogP contribution in [-0.2, 0) is 11.3 Å². The summed E-state index contributed by atoms with van der Waals surface area (Å²) in [6, 6.07) is 8.34. The van der Waals surface area contributed by atoms with E-state index in [0.717, 1.165) is 50.3 Å². The lowest BCUT2D eigenvalue weighted by Crippen LogP contribution is -2.55. The van der Waals surface area contributed by atoms with E-state index in [0.29, 0.717) is 31.5 Å². The van der Waals surface area contributed by atoms with Gasteiger partial charge in [0.25, 0.3) is 0 Å². The Labute approximate surface area is 210 Å². The molecule has 0 unspecified atom stereocenters. The number of piperazine rings is 1. The lowest BCUT2D eigenvalue weighted by molar-refractivity contribution is 0.111. The summed E-state index contributed by atoms with van der Waals surface area (Å²) in [6.45, 7) is 5.67. The molecule has 1 aromatic carbocycles. The van der Waals surface area contributed by atoms with Crippen molar-refractivity contribution in [2.45, 2.75) is 31.5 Å². The van der Waals surface area contributed by atoms with Gasteiger partial charge in [0.2, 0.25) is 5.95 Å². The summed E-state index contributed by atoms with van der Waals surface area (Å²) < 4.78 is 5.18. The van der Waals surface area contributed by atoms with E-state index in [1.807, 2.05) is 17.0 Å². The van der Waals surface area contributed by atoms with E-state index < -0.39 is 0 Å². The second kappa shape index (κ2) is 9.12. The molecule has 0 saturated carbocycles. The Hall–Kier alpha value is -3.60. The summed E-state index contributed by atoms with van der Waals surface area (Å²) in [4.78, 5) is 44.3. The fourth-order valence-electron chi connectivity index (χ4n) is 5.59. The van der Waals surface area contributed by atoms with Crippen LogP contribution >= 0.6 is 0 Å². The third kappa shape index (κ3) is 4.17. The largest absolute Gasteiger partial charge is 0.447 e. The number of aromatic nitrogens is 2. The number of anilines is 4. The van der Waals surface area contributed by atoms with E-state index in [2.05, 4.69) is 44.3 Å². The molecule has 11 nitrogen and oxygen atoms in total. The van der Waals surface area contributed by atoms with Gasteiger partial charge in [0.05, 0.1) is 12.6 Å². The first-order valence-electron chi connectivity index (χ1n) is 12.6. The molecule has 3 fully saturated rings. The Bertz CT molecular complexity index is 1150. The maximum atomic E-state index is 13.3. The van der Waals surface area contributed by atoms with Crippen molar-refractivity contribution in [2.75, 3.05) is 68.5 Å². The number of fused-ring (bicyclic) bond motifs is 2. The molecule has 0 spiro atoms. The van der Waals surface area contributed by atoms with Gasteiger partial charge in [0.1, 0.15) is 12.4 Å². The van der Waals surface area contributed by atoms with Crippen LogP contribution < -0.4 is 15.1 Å². The predicted molar refractivity (Wildman–Crippen MR) is 136 cm³/mol. The SMILES string of the molecule is CN1CCN(c2ccc(Nc3ncc4c(n3)N(C)C(=O)N([C@H]3CCN5C(=O)OC[C@H]5C3)C4)cc2)CC1. The van der Waals surface area contributed by atoms with E-state index >= 15 is 0 Å². The predicted octanol–water partition coefficient (Wildman–Crippen LogP) is 2.33. The molecule has 4 aliphatic rings. The van der Waals surface area contributed by atoms with Crippen LogP contribution in [0.15, 0.2) is 30.5 Å². The van der Waals surface area contributed by atoms with Crippen molar-refractivity contribution < 1.29 is 14.3 Å². The molecule has 0 bridgehead atoms. The van der Waals surface area contributed by atoms with Gasteiger partial charge in [0, 0.05) is 68.9 Å². The third-order valence-electron chi connectivity index (χ3n) is 7.79. The minimum absolute atomic E-state index is 0.0428. The van der Waals surface area contributed by atoms with Crippen LogP contribution in [0.2, 0.25) is 0 Å². The van der Waals surface area contributed by atoms with Crippen LogP contribution in [0.3, 0.4) is 0 Å². The van der Waals surface area contributed by atoms with E-state index in [1.54, 1.807) is 23.0 Å². The molecule has 2 aromatic rings. The van der Waals surface area contributed by atoms with Gasteiger partial charge in [-0.1, -0.05) is 0 Å². The Morgan fingerprint density at radius 3 is 2.53 bits per heavy atom. The van der Waals surface area contributed by atoms with Crippen molar-refractivity contribution in [3.05, 3.63) is 36.0 Å². The average molecular weight is 493 g/mol. The molecular formula is C25H32N8O3. The number of urea groups is 1. The first-order valence-corrected chi connectivity index (χ1v) is 12.6. The molecule has 2 atom stereocenters. The summed E-state index contributed by atoms with van der Waals surface area (Å²) in [5.74, 6) is 1.09. The van der Waals surface area contributed by atoms with E-state index in [-0.39, 0.29) is 24.2 Å². The number of nitrogens with one attached hydrogen (secondary N) is 1. The minimum atomic E-state index is -0.242. The summed E-state index contributed by atoms with van der Waals surface area (Å²) in [5.41, 5.74) is 3.03. The van der Waals surface area contributed by atoms with Gasteiger partial charge in [-0.25, -0.2) is 14.6 Å². The summed E-state index contributed by atoms with van der Waals surface area (Å²) >= 11 is 0. The smallest absolute Gasteiger partial charge is 0.410 e. The first-order chi connectivity index (χ1) is 17.5. The molecule has 36 heavy (non-hydrogen) atoms.